The molecule has 4 rings (SSSR count). The van der Waals surface area contributed by atoms with Gasteiger partial charge in [0, 0.05) is 42.0 Å². The molecule has 1 fully saturated rings. The van der Waals surface area contributed by atoms with Gasteiger partial charge in [0.15, 0.2) is 0 Å². The second-order valence-corrected chi connectivity index (χ2v) is 8.37. The van der Waals surface area contributed by atoms with Gasteiger partial charge in [0.1, 0.15) is 11.6 Å². The van der Waals surface area contributed by atoms with Crippen LogP contribution in [0.3, 0.4) is 0 Å². The van der Waals surface area contributed by atoms with Crippen molar-refractivity contribution in [2.45, 2.75) is 57.4 Å². The number of carbonyl (C=O) groups is 1. The number of likely N-dealkylation sites (tertiary alicyclic amines) is 1. The van der Waals surface area contributed by atoms with Gasteiger partial charge in [0.05, 0.1) is 6.42 Å². The van der Waals surface area contributed by atoms with E-state index in [0.29, 0.717) is 23.0 Å². The number of amides is 1. The van der Waals surface area contributed by atoms with Crippen LogP contribution in [-0.2, 0) is 24.2 Å². The Morgan fingerprint density at radius 2 is 2.00 bits per heavy atom. The number of benzene rings is 1. The molecule has 1 amide bonds. The molecular weight excluding hydrogens is 383 g/mol. The van der Waals surface area contributed by atoms with Crippen molar-refractivity contribution in [1.82, 2.24) is 19.7 Å². The van der Waals surface area contributed by atoms with Gasteiger partial charge in [-0.2, -0.15) is 0 Å². The average molecular weight is 407 g/mol. The minimum absolute atomic E-state index is 0.111. The molecule has 2 aliphatic rings. The van der Waals surface area contributed by atoms with Gasteiger partial charge in [0.25, 0.3) is 0 Å². The first-order valence-electron chi connectivity index (χ1n) is 9.75. The Balaban J connectivity index is 1.46. The van der Waals surface area contributed by atoms with Crippen LogP contribution >= 0.6 is 23.2 Å². The zero-order valence-corrected chi connectivity index (χ0v) is 16.8. The van der Waals surface area contributed by atoms with Crippen LogP contribution in [0.1, 0.15) is 55.2 Å². The number of nitrogens with zero attached hydrogens (tertiary/aromatic N) is 4. The van der Waals surface area contributed by atoms with Crippen LogP contribution < -0.4 is 0 Å². The fraction of sp³-hybridized carbons (Fsp3) is 0.550. The topological polar surface area (TPSA) is 51.0 Å². The monoisotopic (exact) mass is 406 g/mol. The molecule has 5 nitrogen and oxygen atoms in total. The molecule has 2 aliphatic heterocycles. The number of aromatic nitrogens is 3. The quantitative estimate of drug-likeness (QED) is 0.764. The van der Waals surface area contributed by atoms with E-state index in [0.717, 1.165) is 49.6 Å². The van der Waals surface area contributed by atoms with Gasteiger partial charge < -0.3 is 9.47 Å². The first-order chi connectivity index (χ1) is 13.1. The normalized spacial score (nSPS) is 20.2. The van der Waals surface area contributed by atoms with E-state index in [2.05, 4.69) is 14.8 Å². The van der Waals surface area contributed by atoms with E-state index < -0.39 is 0 Å². The number of hydrogen-bond donors (Lipinski definition) is 0. The van der Waals surface area contributed by atoms with Crippen LogP contribution in [0.25, 0.3) is 0 Å². The van der Waals surface area contributed by atoms with Crippen molar-refractivity contribution in [1.29, 1.82) is 0 Å². The summed E-state index contributed by atoms with van der Waals surface area (Å²) in [5.74, 6) is 2.55. The van der Waals surface area contributed by atoms with Crippen molar-refractivity contribution in [2.24, 2.45) is 0 Å². The molecule has 1 aromatic carbocycles. The number of aryl methyl sites for hydroxylation is 1. The van der Waals surface area contributed by atoms with Crippen molar-refractivity contribution in [2.75, 3.05) is 13.1 Å². The third kappa shape index (κ3) is 4.14. The maximum absolute atomic E-state index is 12.9. The summed E-state index contributed by atoms with van der Waals surface area (Å²) in [6.07, 6.45) is 6.99. The van der Waals surface area contributed by atoms with Crippen molar-refractivity contribution in [3.8, 4) is 0 Å². The van der Waals surface area contributed by atoms with Gasteiger partial charge in [-0.15, -0.1) is 10.2 Å². The first kappa shape index (κ1) is 18.8. The molecule has 1 aromatic heterocycles. The van der Waals surface area contributed by atoms with E-state index in [-0.39, 0.29) is 11.8 Å². The first-order valence-corrected chi connectivity index (χ1v) is 10.5. The summed E-state index contributed by atoms with van der Waals surface area (Å²) in [5, 5.41) is 10.1. The third-order valence-corrected chi connectivity index (χ3v) is 6.22. The number of halogens is 2. The number of fused-ring (bicyclic) bond motifs is 1. The third-order valence-electron chi connectivity index (χ3n) is 5.63. The molecule has 27 heavy (non-hydrogen) atoms. The van der Waals surface area contributed by atoms with Gasteiger partial charge >= 0.3 is 0 Å². The summed E-state index contributed by atoms with van der Waals surface area (Å²) in [4.78, 5) is 14.8. The molecule has 1 atom stereocenters. The molecule has 144 valence electrons. The predicted molar refractivity (Wildman–Crippen MR) is 106 cm³/mol. The molecule has 7 heteroatoms. The maximum Gasteiger partial charge on any atom is 0.227 e. The lowest BCUT2D eigenvalue weighted by Gasteiger charge is -2.32. The second kappa shape index (κ2) is 8.19. The Morgan fingerprint density at radius 1 is 1.11 bits per heavy atom. The average Bonchev–Trinajstić information content (AvgIpc) is 2.92. The molecule has 0 spiro atoms. The van der Waals surface area contributed by atoms with Gasteiger partial charge in [0.2, 0.25) is 5.91 Å². The van der Waals surface area contributed by atoms with Crippen molar-refractivity contribution >= 4 is 29.1 Å². The van der Waals surface area contributed by atoms with Gasteiger partial charge in [-0.1, -0.05) is 35.7 Å². The molecule has 0 aliphatic carbocycles. The molecule has 0 N–H and O–H groups in total. The Kier molecular flexibility index (Phi) is 5.69. The molecule has 1 unspecified atom stereocenters. The van der Waals surface area contributed by atoms with Crippen LogP contribution in [0.2, 0.25) is 10.0 Å². The minimum Gasteiger partial charge on any atom is -0.342 e. The Hall–Kier alpha value is -1.59. The smallest absolute Gasteiger partial charge is 0.227 e. The zero-order valence-electron chi connectivity index (χ0n) is 15.3. The SMILES string of the molecule is O=C(Cc1ccc(Cl)cc1Cl)N1CCCC(c2nnc3n2CCCCC3)C1. The van der Waals surface area contributed by atoms with E-state index in [1.807, 2.05) is 11.0 Å². The number of hydrogen-bond acceptors (Lipinski definition) is 3. The zero-order chi connectivity index (χ0) is 18.8. The van der Waals surface area contributed by atoms with Crippen molar-refractivity contribution < 1.29 is 4.79 Å². The molecule has 1 saturated heterocycles. The Morgan fingerprint density at radius 3 is 2.85 bits per heavy atom. The summed E-state index contributed by atoms with van der Waals surface area (Å²) in [7, 11) is 0. The summed E-state index contributed by atoms with van der Waals surface area (Å²) in [6, 6.07) is 5.30. The summed E-state index contributed by atoms with van der Waals surface area (Å²) in [6.45, 7) is 2.51. The van der Waals surface area contributed by atoms with Crippen molar-refractivity contribution in [3.05, 3.63) is 45.5 Å². The van der Waals surface area contributed by atoms with Crippen LogP contribution in [-0.4, -0.2) is 38.7 Å². The lowest BCUT2D eigenvalue weighted by atomic mass is 9.96. The van der Waals surface area contributed by atoms with E-state index in [9.17, 15) is 4.79 Å². The van der Waals surface area contributed by atoms with Gasteiger partial charge in [-0.3, -0.25) is 4.79 Å². The Bertz CT molecular complexity index is 835. The highest BCUT2D eigenvalue weighted by Gasteiger charge is 2.29. The van der Waals surface area contributed by atoms with Gasteiger partial charge in [-0.25, -0.2) is 0 Å². The Labute approximate surface area is 169 Å². The lowest BCUT2D eigenvalue weighted by molar-refractivity contribution is -0.131. The highest BCUT2D eigenvalue weighted by Crippen LogP contribution is 2.29. The fourth-order valence-corrected chi connectivity index (χ4v) is 4.64. The summed E-state index contributed by atoms with van der Waals surface area (Å²) >= 11 is 12.2. The van der Waals surface area contributed by atoms with E-state index in [4.69, 9.17) is 23.2 Å². The van der Waals surface area contributed by atoms with Crippen LogP contribution in [0.5, 0.6) is 0 Å². The van der Waals surface area contributed by atoms with E-state index in [1.54, 1.807) is 12.1 Å². The number of piperidine rings is 1. The highest BCUT2D eigenvalue weighted by atomic mass is 35.5. The molecular formula is C20H24Cl2N4O. The molecule has 0 saturated carbocycles. The van der Waals surface area contributed by atoms with Crippen LogP contribution in [0.4, 0.5) is 0 Å². The highest BCUT2D eigenvalue weighted by molar-refractivity contribution is 6.35. The van der Waals surface area contributed by atoms with Crippen LogP contribution in [0, 0.1) is 0 Å². The largest absolute Gasteiger partial charge is 0.342 e. The minimum atomic E-state index is 0.111. The van der Waals surface area contributed by atoms with E-state index >= 15 is 0 Å². The summed E-state index contributed by atoms with van der Waals surface area (Å²) < 4.78 is 2.31. The summed E-state index contributed by atoms with van der Waals surface area (Å²) in [5.41, 5.74) is 0.824. The molecule has 0 bridgehead atoms. The van der Waals surface area contributed by atoms with Gasteiger partial charge in [-0.05, 0) is 43.4 Å². The molecule has 2 aromatic rings. The van der Waals surface area contributed by atoms with Crippen molar-refractivity contribution in [3.63, 3.8) is 0 Å². The molecule has 0 radical (unpaired) electrons. The fourth-order valence-electron chi connectivity index (χ4n) is 4.16. The lowest BCUT2D eigenvalue weighted by Crippen LogP contribution is -2.40. The number of carbonyl (C=O) groups excluding carboxylic acids is 1. The van der Waals surface area contributed by atoms with E-state index in [1.165, 1.54) is 19.3 Å². The van der Waals surface area contributed by atoms with Crippen LogP contribution in [0.15, 0.2) is 18.2 Å². The maximum atomic E-state index is 12.9. The number of rotatable bonds is 3. The molecule has 3 heterocycles. The predicted octanol–water partition coefficient (Wildman–Crippen LogP) is 4.26. The second-order valence-electron chi connectivity index (χ2n) is 7.53. The standard InChI is InChI=1S/C20H24Cl2N4O/c21-16-8-7-14(17(22)12-16)11-19(27)25-9-4-5-15(13-25)20-24-23-18-6-2-1-3-10-26(18)20/h7-8,12,15H,1-6,9-11,13H2.